The zero-order valence-electron chi connectivity index (χ0n) is 7.83. The lowest BCUT2D eigenvalue weighted by Gasteiger charge is -2.16. The van der Waals surface area contributed by atoms with E-state index in [-0.39, 0.29) is 6.04 Å². The molecule has 0 aliphatic heterocycles. The first-order chi connectivity index (χ1) is 6.79. The molecule has 0 heterocycles. The van der Waals surface area contributed by atoms with Crippen molar-refractivity contribution in [3.63, 3.8) is 0 Å². The monoisotopic (exact) mass is 208 g/mol. The average molecular weight is 209 g/mol. The molecule has 14 heavy (non-hydrogen) atoms. The molecule has 0 bridgehead atoms. The number of terminal acetylenes is 1. The number of halogens is 1. The molecule has 0 radical (unpaired) electrons. The molecule has 0 spiro atoms. The summed E-state index contributed by atoms with van der Waals surface area (Å²) in [4.78, 5) is 0. The van der Waals surface area contributed by atoms with Crippen LogP contribution in [0.15, 0.2) is 24.3 Å². The van der Waals surface area contributed by atoms with Crippen molar-refractivity contribution < 1.29 is 0 Å². The zero-order chi connectivity index (χ0) is 10.4. The lowest BCUT2D eigenvalue weighted by molar-refractivity contribution is 0.524. The minimum atomic E-state index is 0.0275. The van der Waals surface area contributed by atoms with Gasteiger partial charge in [0, 0.05) is 17.5 Å². The van der Waals surface area contributed by atoms with Crippen molar-refractivity contribution in [1.29, 1.82) is 0 Å². The van der Waals surface area contributed by atoms with Crippen LogP contribution in [-0.2, 0) is 0 Å². The van der Waals surface area contributed by atoms with Gasteiger partial charge in [-0.2, -0.15) is 0 Å². The molecule has 1 rings (SSSR count). The number of nitrogens with one attached hydrogen (secondary N) is 1. The molecule has 0 saturated carbocycles. The molecule has 0 aliphatic carbocycles. The van der Waals surface area contributed by atoms with Crippen LogP contribution in [0.4, 0.5) is 0 Å². The second kappa shape index (κ2) is 5.66. The SMILES string of the molecule is C#CCCC(NN)c1ccccc1Cl. The maximum Gasteiger partial charge on any atom is 0.0483 e. The number of hydrogen-bond acceptors (Lipinski definition) is 2. The Kier molecular flexibility index (Phi) is 4.48. The van der Waals surface area contributed by atoms with Crippen molar-refractivity contribution >= 4 is 11.6 Å². The Morgan fingerprint density at radius 3 is 2.79 bits per heavy atom. The lowest BCUT2D eigenvalue weighted by atomic mass is 10.0. The molecule has 0 amide bonds. The normalized spacial score (nSPS) is 12.1. The smallest absolute Gasteiger partial charge is 0.0483 e. The molecule has 1 aromatic rings. The third-order valence-corrected chi connectivity index (χ3v) is 2.40. The second-order valence-electron chi connectivity index (χ2n) is 2.98. The first-order valence-corrected chi connectivity index (χ1v) is 4.81. The van der Waals surface area contributed by atoms with Gasteiger partial charge in [0.05, 0.1) is 0 Å². The number of nitrogens with two attached hydrogens (primary N) is 1. The summed E-state index contributed by atoms with van der Waals surface area (Å²) in [6, 6.07) is 7.64. The maximum atomic E-state index is 6.03. The fraction of sp³-hybridized carbons (Fsp3) is 0.273. The Labute approximate surface area is 89.4 Å². The van der Waals surface area contributed by atoms with E-state index >= 15 is 0 Å². The van der Waals surface area contributed by atoms with Gasteiger partial charge in [-0.05, 0) is 18.1 Å². The van der Waals surface area contributed by atoms with Crippen LogP contribution in [-0.4, -0.2) is 0 Å². The van der Waals surface area contributed by atoms with Gasteiger partial charge in [0.1, 0.15) is 0 Å². The second-order valence-corrected chi connectivity index (χ2v) is 3.39. The van der Waals surface area contributed by atoms with Crippen LogP contribution in [0.25, 0.3) is 0 Å². The summed E-state index contributed by atoms with van der Waals surface area (Å²) in [6.07, 6.45) is 6.67. The topological polar surface area (TPSA) is 38.0 Å². The molecule has 2 nitrogen and oxygen atoms in total. The van der Waals surface area contributed by atoms with Crippen LogP contribution in [0.3, 0.4) is 0 Å². The summed E-state index contributed by atoms with van der Waals surface area (Å²) in [7, 11) is 0. The Morgan fingerprint density at radius 1 is 1.50 bits per heavy atom. The third-order valence-electron chi connectivity index (χ3n) is 2.06. The van der Waals surface area contributed by atoms with Crippen molar-refractivity contribution in [2.24, 2.45) is 5.84 Å². The average Bonchev–Trinajstić information content (AvgIpc) is 2.21. The van der Waals surface area contributed by atoms with Crippen molar-refractivity contribution in [3.8, 4) is 12.3 Å². The molecular weight excluding hydrogens is 196 g/mol. The molecule has 1 aromatic carbocycles. The highest BCUT2D eigenvalue weighted by atomic mass is 35.5. The predicted octanol–water partition coefficient (Wildman–Crippen LogP) is 2.26. The number of hydrazine groups is 1. The molecule has 3 heteroatoms. The van der Waals surface area contributed by atoms with Gasteiger partial charge < -0.3 is 0 Å². The molecule has 1 atom stereocenters. The van der Waals surface area contributed by atoms with Crippen LogP contribution in [0.2, 0.25) is 5.02 Å². The van der Waals surface area contributed by atoms with Gasteiger partial charge in [0.25, 0.3) is 0 Å². The van der Waals surface area contributed by atoms with Gasteiger partial charge in [0.15, 0.2) is 0 Å². The fourth-order valence-corrected chi connectivity index (χ4v) is 1.58. The summed E-state index contributed by atoms with van der Waals surface area (Å²) in [5, 5.41) is 0.715. The summed E-state index contributed by atoms with van der Waals surface area (Å²) in [6.45, 7) is 0. The van der Waals surface area contributed by atoms with Crippen LogP contribution in [0.1, 0.15) is 24.4 Å². The maximum absolute atomic E-state index is 6.03. The fourth-order valence-electron chi connectivity index (χ4n) is 1.31. The highest BCUT2D eigenvalue weighted by molar-refractivity contribution is 6.31. The van der Waals surface area contributed by atoms with Crippen molar-refractivity contribution in [1.82, 2.24) is 5.43 Å². The van der Waals surface area contributed by atoms with Gasteiger partial charge in [-0.3, -0.25) is 11.3 Å². The Hall–Kier alpha value is -1.01. The van der Waals surface area contributed by atoms with Gasteiger partial charge in [-0.15, -0.1) is 12.3 Å². The van der Waals surface area contributed by atoms with E-state index in [9.17, 15) is 0 Å². The Bertz CT molecular complexity index is 330. The molecule has 1 unspecified atom stereocenters. The van der Waals surface area contributed by atoms with Crippen LogP contribution in [0.5, 0.6) is 0 Å². The van der Waals surface area contributed by atoms with E-state index in [0.29, 0.717) is 11.4 Å². The quantitative estimate of drug-likeness (QED) is 0.453. The van der Waals surface area contributed by atoms with E-state index in [1.54, 1.807) is 0 Å². The summed E-state index contributed by atoms with van der Waals surface area (Å²) < 4.78 is 0. The van der Waals surface area contributed by atoms with E-state index in [2.05, 4.69) is 11.3 Å². The summed E-state index contributed by atoms with van der Waals surface area (Å²) in [5.74, 6) is 8.02. The lowest BCUT2D eigenvalue weighted by Crippen LogP contribution is -2.28. The van der Waals surface area contributed by atoms with E-state index in [1.165, 1.54) is 0 Å². The first kappa shape index (κ1) is 11.1. The molecule has 0 fully saturated rings. The minimum absolute atomic E-state index is 0.0275. The van der Waals surface area contributed by atoms with Crippen LogP contribution in [0, 0.1) is 12.3 Å². The van der Waals surface area contributed by atoms with Gasteiger partial charge in [-0.1, -0.05) is 29.8 Å². The Morgan fingerprint density at radius 2 is 2.21 bits per heavy atom. The van der Waals surface area contributed by atoms with E-state index in [1.807, 2.05) is 24.3 Å². The molecule has 74 valence electrons. The number of benzene rings is 1. The molecule has 0 aliphatic rings. The van der Waals surface area contributed by atoms with Crippen molar-refractivity contribution in [3.05, 3.63) is 34.9 Å². The molecular formula is C11H13ClN2. The highest BCUT2D eigenvalue weighted by Gasteiger charge is 2.11. The molecule has 0 saturated heterocycles. The minimum Gasteiger partial charge on any atom is -0.271 e. The van der Waals surface area contributed by atoms with Crippen LogP contribution < -0.4 is 11.3 Å². The molecule has 0 aromatic heterocycles. The zero-order valence-corrected chi connectivity index (χ0v) is 8.59. The van der Waals surface area contributed by atoms with E-state index in [4.69, 9.17) is 23.9 Å². The van der Waals surface area contributed by atoms with Gasteiger partial charge in [-0.25, -0.2) is 0 Å². The van der Waals surface area contributed by atoms with Gasteiger partial charge in [0.2, 0.25) is 0 Å². The predicted molar refractivity (Wildman–Crippen MR) is 59.6 cm³/mol. The van der Waals surface area contributed by atoms with Crippen molar-refractivity contribution in [2.45, 2.75) is 18.9 Å². The van der Waals surface area contributed by atoms with Crippen LogP contribution >= 0.6 is 11.6 Å². The Balaban J connectivity index is 2.79. The van der Waals surface area contributed by atoms with E-state index < -0.39 is 0 Å². The van der Waals surface area contributed by atoms with Crippen molar-refractivity contribution in [2.75, 3.05) is 0 Å². The molecule has 3 N–H and O–H groups in total. The summed E-state index contributed by atoms with van der Waals surface area (Å²) in [5.41, 5.74) is 3.71. The highest BCUT2D eigenvalue weighted by Crippen LogP contribution is 2.24. The standard InChI is InChI=1S/C11H13ClN2/c1-2-3-8-11(14-13)9-6-4-5-7-10(9)12/h1,4-7,11,14H,3,8,13H2. The third kappa shape index (κ3) is 2.74. The largest absolute Gasteiger partial charge is 0.271 e. The summed E-state index contributed by atoms with van der Waals surface area (Å²) >= 11 is 6.03. The number of hydrogen-bond donors (Lipinski definition) is 2. The number of rotatable bonds is 4. The first-order valence-electron chi connectivity index (χ1n) is 4.43. The van der Waals surface area contributed by atoms with E-state index in [0.717, 1.165) is 12.0 Å². The van der Waals surface area contributed by atoms with Gasteiger partial charge >= 0.3 is 0 Å².